The van der Waals surface area contributed by atoms with Gasteiger partial charge in [-0.2, -0.15) is 5.10 Å². The van der Waals surface area contributed by atoms with Crippen molar-refractivity contribution in [3.63, 3.8) is 0 Å². The lowest BCUT2D eigenvalue weighted by Gasteiger charge is -2.32. The van der Waals surface area contributed by atoms with Gasteiger partial charge in [0.2, 0.25) is 0 Å². The van der Waals surface area contributed by atoms with E-state index < -0.39 is 11.7 Å². The van der Waals surface area contributed by atoms with Crippen LogP contribution in [0.15, 0.2) is 0 Å². The summed E-state index contributed by atoms with van der Waals surface area (Å²) in [4.78, 5) is 0. The number of aliphatic hydroxyl groups is 1. The number of aromatic nitrogens is 2. The number of rotatable bonds is 4. The highest BCUT2D eigenvalue weighted by molar-refractivity contribution is 6.31. The van der Waals surface area contributed by atoms with E-state index in [2.05, 4.69) is 5.10 Å². The van der Waals surface area contributed by atoms with Crippen LogP contribution in [0.25, 0.3) is 0 Å². The molecule has 18 heavy (non-hydrogen) atoms. The minimum atomic E-state index is -0.530. The van der Waals surface area contributed by atoms with E-state index in [1.807, 2.05) is 14.0 Å². The fourth-order valence-corrected chi connectivity index (χ4v) is 3.16. The van der Waals surface area contributed by atoms with Gasteiger partial charge in [-0.3, -0.25) is 4.68 Å². The van der Waals surface area contributed by atoms with Crippen LogP contribution in [0, 0.1) is 6.92 Å². The van der Waals surface area contributed by atoms with E-state index in [4.69, 9.17) is 16.3 Å². The lowest BCUT2D eigenvalue weighted by Crippen LogP contribution is -2.43. The molecule has 0 spiro atoms. The second-order valence-electron chi connectivity index (χ2n) is 5.17. The van der Waals surface area contributed by atoms with Gasteiger partial charge in [-0.15, -0.1) is 0 Å². The average molecular weight is 273 g/mol. The van der Waals surface area contributed by atoms with E-state index in [0.29, 0.717) is 11.4 Å². The van der Waals surface area contributed by atoms with Crippen LogP contribution in [-0.2, 0) is 18.2 Å². The van der Waals surface area contributed by atoms with Gasteiger partial charge >= 0.3 is 0 Å². The number of ether oxygens (including phenoxy) is 1. The first-order valence-corrected chi connectivity index (χ1v) is 6.79. The lowest BCUT2D eigenvalue weighted by molar-refractivity contribution is -0.0976. The number of hydrogen-bond acceptors (Lipinski definition) is 3. The van der Waals surface area contributed by atoms with Gasteiger partial charge in [0.1, 0.15) is 0 Å². The van der Waals surface area contributed by atoms with Gasteiger partial charge in [0.05, 0.1) is 28.1 Å². The molecule has 0 radical (unpaired) electrons. The van der Waals surface area contributed by atoms with Crippen LogP contribution in [-0.4, -0.2) is 33.7 Å². The number of aliphatic hydroxyl groups excluding tert-OH is 1. The molecule has 1 N–H and O–H groups in total. The van der Waals surface area contributed by atoms with Crippen LogP contribution in [0.2, 0.25) is 5.02 Å². The summed E-state index contributed by atoms with van der Waals surface area (Å²) >= 11 is 6.22. The van der Waals surface area contributed by atoms with Gasteiger partial charge in [-0.1, -0.05) is 24.4 Å². The Kier molecular flexibility index (Phi) is 3.99. The van der Waals surface area contributed by atoms with Crippen LogP contribution in [0.4, 0.5) is 0 Å². The quantitative estimate of drug-likeness (QED) is 0.914. The van der Waals surface area contributed by atoms with E-state index in [9.17, 15) is 5.11 Å². The van der Waals surface area contributed by atoms with Crippen molar-refractivity contribution in [2.45, 2.75) is 50.7 Å². The summed E-state index contributed by atoms with van der Waals surface area (Å²) in [5.74, 6) is 0. The van der Waals surface area contributed by atoms with Gasteiger partial charge in [0, 0.05) is 20.6 Å². The summed E-state index contributed by atoms with van der Waals surface area (Å²) in [6.07, 6.45) is 4.02. The van der Waals surface area contributed by atoms with E-state index in [-0.39, 0.29) is 0 Å². The van der Waals surface area contributed by atoms with Gasteiger partial charge in [-0.05, 0) is 19.8 Å². The fourth-order valence-electron chi connectivity index (χ4n) is 2.92. The first kappa shape index (κ1) is 13.8. The van der Waals surface area contributed by atoms with Gasteiger partial charge in [0.25, 0.3) is 0 Å². The van der Waals surface area contributed by atoms with Crippen molar-refractivity contribution >= 4 is 11.6 Å². The second-order valence-corrected chi connectivity index (χ2v) is 5.54. The summed E-state index contributed by atoms with van der Waals surface area (Å²) in [6, 6.07) is 0. The third-order valence-corrected chi connectivity index (χ3v) is 4.60. The Hall–Kier alpha value is -0.580. The molecule has 1 fully saturated rings. The molecular formula is C13H21ClN2O2. The normalized spacial score (nSPS) is 20.3. The van der Waals surface area contributed by atoms with E-state index in [0.717, 1.165) is 37.1 Å². The lowest BCUT2D eigenvalue weighted by atomic mass is 9.91. The molecule has 1 atom stereocenters. The Morgan fingerprint density at radius 1 is 1.50 bits per heavy atom. The Morgan fingerprint density at radius 3 is 2.56 bits per heavy atom. The Balaban J connectivity index is 2.18. The summed E-state index contributed by atoms with van der Waals surface area (Å²) < 4.78 is 7.35. The third-order valence-electron chi connectivity index (χ3n) is 4.11. The van der Waals surface area contributed by atoms with Crippen molar-refractivity contribution in [2.24, 2.45) is 7.05 Å². The largest absolute Gasteiger partial charge is 0.390 e. The second kappa shape index (κ2) is 5.19. The molecular weight excluding hydrogens is 252 g/mol. The number of hydrogen-bond donors (Lipinski definition) is 1. The van der Waals surface area contributed by atoms with Crippen LogP contribution < -0.4 is 0 Å². The number of methoxy groups -OCH3 is 1. The maximum absolute atomic E-state index is 10.5. The molecule has 0 bridgehead atoms. The highest BCUT2D eigenvalue weighted by Gasteiger charge is 2.41. The molecule has 2 rings (SSSR count). The predicted octanol–water partition coefficient (Wildman–Crippen LogP) is 2.24. The van der Waals surface area contributed by atoms with Crippen molar-refractivity contribution in [3.8, 4) is 0 Å². The molecule has 1 unspecified atom stereocenters. The molecule has 0 saturated heterocycles. The monoisotopic (exact) mass is 272 g/mol. The van der Waals surface area contributed by atoms with E-state index in [1.165, 1.54) is 0 Å². The fraction of sp³-hybridized carbons (Fsp3) is 0.769. The average Bonchev–Trinajstić information content (AvgIpc) is 2.91. The van der Waals surface area contributed by atoms with Crippen LogP contribution in [0.5, 0.6) is 0 Å². The third kappa shape index (κ3) is 2.29. The van der Waals surface area contributed by atoms with Crippen molar-refractivity contribution in [3.05, 3.63) is 16.4 Å². The topological polar surface area (TPSA) is 47.3 Å². The minimum Gasteiger partial charge on any atom is -0.390 e. The molecule has 5 heteroatoms. The molecule has 1 saturated carbocycles. The smallest absolute Gasteiger partial charge is 0.0940 e. The summed E-state index contributed by atoms with van der Waals surface area (Å²) in [6.45, 7) is 1.87. The Labute approximate surface area is 113 Å². The summed E-state index contributed by atoms with van der Waals surface area (Å²) in [7, 11) is 3.54. The maximum Gasteiger partial charge on any atom is 0.0940 e. The standard InChI is InChI=1S/C13H21ClN2O2/c1-9-12(14)10(16(2)15-9)8-11(17)13(18-3)6-4-5-7-13/h11,17H,4-8H2,1-3H3. The summed E-state index contributed by atoms with van der Waals surface area (Å²) in [5, 5.41) is 15.4. The summed E-state index contributed by atoms with van der Waals surface area (Å²) in [5.41, 5.74) is 1.28. The molecule has 4 nitrogen and oxygen atoms in total. The Bertz CT molecular complexity index is 425. The van der Waals surface area contributed by atoms with Crippen molar-refractivity contribution in [1.82, 2.24) is 9.78 Å². The van der Waals surface area contributed by atoms with E-state index >= 15 is 0 Å². The molecule has 0 aromatic carbocycles. The SMILES string of the molecule is COC1(C(O)Cc2c(Cl)c(C)nn2C)CCCC1. The highest BCUT2D eigenvalue weighted by Crippen LogP contribution is 2.37. The zero-order chi connectivity index (χ0) is 13.3. The molecule has 0 amide bonds. The first-order chi connectivity index (χ1) is 8.50. The molecule has 1 aromatic heterocycles. The molecule has 1 aromatic rings. The molecule has 1 aliphatic rings. The maximum atomic E-state index is 10.5. The number of aryl methyl sites for hydroxylation is 2. The van der Waals surface area contributed by atoms with Crippen molar-refractivity contribution in [1.29, 1.82) is 0 Å². The van der Waals surface area contributed by atoms with Crippen LogP contribution in [0.1, 0.15) is 37.1 Å². The number of halogens is 1. The molecule has 1 aliphatic carbocycles. The predicted molar refractivity (Wildman–Crippen MR) is 70.9 cm³/mol. The van der Waals surface area contributed by atoms with Crippen molar-refractivity contribution < 1.29 is 9.84 Å². The van der Waals surface area contributed by atoms with Gasteiger partial charge < -0.3 is 9.84 Å². The number of nitrogens with zero attached hydrogens (tertiary/aromatic N) is 2. The molecule has 102 valence electrons. The highest BCUT2D eigenvalue weighted by atomic mass is 35.5. The Morgan fingerprint density at radius 2 is 2.11 bits per heavy atom. The van der Waals surface area contributed by atoms with Crippen LogP contribution >= 0.6 is 11.6 Å². The van der Waals surface area contributed by atoms with Crippen molar-refractivity contribution in [2.75, 3.05) is 7.11 Å². The first-order valence-electron chi connectivity index (χ1n) is 6.41. The van der Waals surface area contributed by atoms with E-state index in [1.54, 1.807) is 11.8 Å². The molecule has 1 heterocycles. The van der Waals surface area contributed by atoms with Gasteiger partial charge in [-0.25, -0.2) is 0 Å². The van der Waals surface area contributed by atoms with Crippen LogP contribution in [0.3, 0.4) is 0 Å². The zero-order valence-electron chi connectivity index (χ0n) is 11.2. The minimum absolute atomic E-state index is 0.401. The molecule has 0 aliphatic heterocycles. The van der Waals surface area contributed by atoms with Gasteiger partial charge in [0.15, 0.2) is 0 Å². The zero-order valence-corrected chi connectivity index (χ0v) is 12.0.